The van der Waals surface area contributed by atoms with E-state index in [4.69, 9.17) is 5.73 Å². The molecule has 0 aliphatic heterocycles. The van der Waals surface area contributed by atoms with Gasteiger partial charge in [0.2, 0.25) is 5.91 Å². The first-order valence-electron chi connectivity index (χ1n) is 5.10. The average molecular weight is 213 g/mol. The van der Waals surface area contributed by atoms with Crippen LogP contribution in [0.5, 0.6) is 0 Å². The Morgan fingerprint density at radius 3 is 2.44 bits per heavy atom. The molecule has 81 valence electrons. The molecule has 1 aromatic carbocycles. The van der Waals surface area contributed by atoms with Crippen molar-refractivity contribution in [2.75, 3.05) is 0 Å². The van der Waals surface area contributed by atoms with Gasteiger partial charge in [-0.25, -0.2) is 0 Å². The number of H-pyrrole nitrogens is 1. The molecule has 0 atom stereocenters. The summed E-state index contributed by atoms with van der Waals surface area (Å²) in [6, 6.07) is 11.7. The summed E-state index contributed by atoms with van der Waals surface area (Å²) >= 11 is 0. The van der Waals surface area contributed by atoms with Crippen LogP contribution in [0.25, 0.3) is 0 Å². The van der Waals surface area contributed by atoms with Crippen LogP contribution >= 0.6 is 0 Å². The van der Waals surface area contributed by atoms with E-state index in [0.717, 1.165) is 17.0 Å². The van der Waals surface area contributed by atoms with Crippen LogP contribution in [0.4, 0.5) is 0 Å². The number of primary amides is 1. The number of aromatic nitrogens is 1. The van der Waals surface area contributed by atoms with Gasteiger partial charge in [-0.2, -0.15) is 0 Å². The predicted molar refractivity (Wildman–Crippen MR) is 62.5 cm³/mol. The largest absolute Gasteiger partial charge is 0.370 e. The summed E-state index contributed by atoms with van der Waals surface area (Å²) in [5, 5.41) is 0. The molecule has 2 aromatic rings. The molecule has 0 bridgehead atoms. The molecule has 3 N–H and O–H groups in total. The molecule has 2 rings (SSSR count). The van der Waals surface area contributed by atoms with Crippen LogP contribution in [0.1, 0.15) is 17.5 Å². The van der Waals surface area contributed by atoms with Crippen molar-refractivity contribution in [3.05, 3.63) is 65.8 Å². The molecule has 0 fully saturated rings. The smallest absolute Gasteiger partial charge is 0.218 e. The summed E-state index contributed by atoms with van der Waals surface area (Å²) in [6.45, 7) is 0. The summed E-state index contributed by atoms with van der Waals surface area (Å²) in [4.78, 5) is 14.0. The summed E-state index contributed by atoms with van der Waals surface area (Å²) in [7, 11) is 0. The van der Waals surface area contributed by atoms with E-state index in [2.05, 4.69) is 4.98 Å². The highest BCUT2D eigenvalue weighted by atomic mass is 16.1. The number of hydrogen-bond acceptors (Lipinski definition) is 1. The minimum atomic E-state index is -0.319. The van der Waals surface area contributed by atoms with E-state index in [0.29, 0.717) is 0 Å². The summed E-state index contributed by atoms with van der Waals surface area (Å²) in [6.07, 6.45) is 3.95. The fraction of sp³-hybridized carbons (Fsp3) is 0.0769. The Labute approximate surface area is 94.3 Å². The highest BCUT2D eigenvalue weighted by Crippen LogP contribution is 2.25. The number of rotatable bonds is 4. The van der Waals surface area contributed by atoms with Gasteiger partial charge in [-0.1, -0.05) is 30.3 Å². The molecule has 1 aromatic heterocycles. The Morgan fingerprint density at radius 2 is 1.88 bits per heavy atom. The van der Waals surface area contributed by atoms with Gasteiger partial charge in [-0.3, -0.25) is 4.79 Å². The lowest BCUT2D eigenvalue weighted by molar-refractivity contribution is -0.117. The molecule has 16 heavy (non-hydrogen) atoms. The van der Waals surface area contributed by atoms with Crippen LogP contribution in [-0.2, 0) is 4.79 Å². The van der Waals surface area contributed by atoms with Gasteiger partial charge in [0.15, 0.2) is 0 Å². The molecule has 0 saturated carbocycles. The molecular weight excluding hydrogens is 200 g/mol. The number of nitrogens with one attached hydrogen (secondary N) is 1. The number of amides is 1. The van der Waals surface area contributed by atoms with Gasteiger partial charge < -0.3 is 10.7 Å². The first-order chi connectivity index (χ1) is 7.77. The van der Waals surface area contributed by atoms with Gasteiger partial charge in [0, 0.05) is 24.7 Å². The summed E-state index contributed by atoms with van der Waals surface area (Å²) in [5.74, 6) is 0.634. The van der Waals surface area contributed by atoms with Crippen LogP contribution in [-0.4, -0.2) is 10.9 Å². The van der Waals surface area contributed by atoms with Crippen molar-refractivity contribution in [2.24, 2.45) is 5.73 Å². The van der Waals surface area contributed by atoms with Crippen LogP contribution in [0.2, 0.25) is 0 Å². The second-order valence-electron chi connectivity index (χ2n) is 3.59. The lowest BCUT2D eigenvalue weighted by Crippen LogP contribution is -2.16. The second kappa shape index (κ2) is 4.66. The minimum absolute atomic E-state index is 0.252. The Hall–Kier alpha value is -2.03. The van der Waals surface area contributed by atoms with Gasteiger partial charge in [0.25, 0.3) is 0 Å². The van der Waals surface area contributed by atoms with E-state index in [1.54, 1.807) is 0 Å². The van der Waals surface area contributed by atoms with Crippen molar-refractivity contribution in [1.82, 2.24) is 4.98 Å². The topological polar surface area (TPSA) is 58.9 Å². The quantitative estimate of drug-likeness (QED) is 0.800. The van der Waals surface area contributed by atoms with Crippen LogP contribution < -0.4 is 5.73 Å². The molecule has 3 nitrogen and oxygen atoms in total. The maximum Gasteiger partial charge on any atom is 0.218 e. The second-order valence-corrected chi connectivity index (χ2v) is 3.59. The first-order valence-corrected chi connectivity index (χ1v) is 5.10. The van der Waals surface area contributed by atoms with Crippen molar-refractivity contribution in [1.29, 1.82) is 0 Å². The van der Waals surface area contributed by atoms with Crippen molar-refractivity contribution in [3.63, 3.8) is 0 Å². The zero-order valence-corrected chi connectivity index (χ0v) is 8.81. The molecule has 3 heteroatoms. The SMILES string of the molecule is NC(=O)C[C](c1ccccc1)c1cc[nH]c1. The third-order valence-corrected chi connectivity index (χ3v) is 2.42. The maximum absolute atomic E-state index is 11.1. The van der Waals surface area contributed by atoms with E-state index in [9.17, 15) is 4.79 Å². The van der Waals surface area contributed by atoms with Crippen molar-refractivity contribution in [2.45, 2.75) is 6.42 Å². The van der Waals surface area contributed by atoms with Crippen LogP contribution in [0.15, 0.2) is 48.8 Å². The number of hydrogen-bond donors (Lipinski definition) is 2. The Kier molecular flexibility index (Phi) is 3.05. The molecule has 0 saturated heterocycles. The molecule has 1 amide bonds. The number of aromatic amines is 1. The van der Waals surface area contributed by atoms with Gasteiger partial charge >= 0.3 is 0 Å². The molecule has 1 radical (unpaired) electrons. The first kappa shape index (κ1) is 10.5. The molecular formula is C13H13N2O. The number of nitrogens with two attached hydrogens (primary N) is 1. The fourth-order valence-corrected chi connectivity index (χ4v) is 1.70. The van der Waals surface area contributed by atoms with Gasteiger partial charge in [-0.05, 0) is 17.2 Å². The van der Waals surface area contributed by atoms with Gasteiger partial charge in [0.05, 0.1) is 0 Å². The monoisotopic (exact) mass is 213 g/mol. The third-order valence-electron chi connectivity index (χ3n) is 2.42. The Balaban J connectivity index is 2.32. The standard InChI is InChI=1S/C13H13N2O/c14-13(16)8-12(11-6-7-15-9-11)10-4-2-1-3-5-10/h1-7,9,15H,8H2,(H2,14,16). The van der Waals surface area contributed by atoms with Gasteiger partial charge in [-0.15, -0.1) is 0 Å². The van der Waals surface area contributed by atoms with E-state index in [1.807, 2.05) is 48.8 Å². The number of benzene rings is 1. The third kappa shape index (κ3) is 2.31. The van der Waals surface area contributed by atoms with Crippen LogP contribution in [0.3, 0.4) is 0 Å². The van der Waals surface area contributed by atoms with Crippen LogP contribution in [0, 0.1) is 5.92 Å². The number of carbonyl (C=O) groups excluding carboxylic acids is 1. The predicted octanol–water partition coefficient (Wildman–Crippen LogP) is 1.86. The Bertz CT molecular complexity index is 448. The zero-order valence-electron chi connectivity index (χ0n) is 8.81. The lowest BCUT2D eigenvalue weighted by atomic mass is 9.90. The van der Waals surface area contributed by atoms with E-state index in [1.165, 1.54) is 0 Å². The summed E-state index contributed by atoms with van der Waals surface area (Å²) in [5.41, 5.74) is 7.30. The fourth-order valence-electron chi connectivity index (χ4n) is 1.70. The molecule has 0 aliphatic carbocycles. The highest BCUT2D eigenvalue weighted by molar-refractivity contribution is 5.78. The van der Waals surface area contributed by atoms with E-state index < -0.39 is 0 Å². The van der Waals surface area contributed by atoms with Crippen molar-refractivity contribution < 1.29 is 4.79 Å². The number of carbonyl (C=O) groups is 1. The van der Waals surface area contributed by atoms with Crippen molar-refractivity contribution >= 4 is 5.91 Å². The minimum Gasteiger partial charge on any atom is -0.370 e. The Morgan fingerprint density at radius 1 is 1.12 bits per heavy atom. The highest BCUT2D eigenvalue weighted by Gasteiger charge is 2.17. The normalized spacial score (nSPS) is 10.6. The molecule has 0 spiro atoms. The van der Waals surface area contributed by atoms with Gasteiger partial charge in [0.1, 0.15) is 0 Å². The lowest BCUT2D eigenvalue weighted by Gasteiger charge is -2.13. The van der Waals surface area contributed by atoms with E-state index in [-0.39, 0.29) is 12.3 Å². The van der Waals surface area contributed by atoms with Crippen molar-refractivity contribution in [3.8, 4) is 0 Å². The van der Waals surface area contributed by atoms with E-state index >= 15 is 0 Å². The average Bonchev–Trinajstić information content (AvgIpc) is 2.80. The molecule has 1 heterocycles. The molecule has 0 aliphatic rings. The zero-order chi connectivity index (χ0) is 11.4. The summed E-state index contributed by atoms with van der Waals surface area (Å²) < 4.78 is 0. The maximum atomic E-state index is 11.1. The molecule has 0 unspecified atom stereocenters.